The van der Waals surface area contributed by atoms with Gasteiger partial charge in [-0.2, -0.15) is 0 Å². The first-order valence-electron chi connectivity index (χ1n) is 7.75. The molecule has 4 nitrogen and oxygen atoms in total. The fourth-order valence-corrected chi connectivity index (χ4v) is 2.46. The molecule has 1 amide bonds. The second-order valence-electron chi connectivity index (χ2n) is 5.44. The van der Waals surface area contributed by atoms with Gasteiger partial charge >= 0.3 is 6.09 Å². The Balaban J connectivity index is 2.24. The summed E-state index contributed by atoms with van der Waals surface area (Å²) in [5, 5.41) is 2.47. The van der Waals surface area contributed by atoms with E-state index in [1.165, 1.54) is 12.6 Å². The normalized spacial score (nSPS) is 10.3. The van der Waals surface area contributed by atoms with Crippen LogP contribution in [0.25, 0.3) is 0 Å². The predicted octanol–water partition coefficient (Wildman–Crippen LogP) is 4.16. The molecule has 0 spiro atoms. The Bertz CT molecular complexity index is 695. The number of hydrogen-bond donors (Lipinski definition) is 1. The largest absolute Gasteiger partial charge is 0.488 e. The number of rotatable bonds is 5. The van der Waals surface area contributed by atoms with Gasteiger partial charge in [-0.25, -0.2) is 4.79 Å². The zero-order chi connectivity index (χ0) is 16.8. The van der Waals surface area contributed by atoms with Crippen LogP contribution in [0.15, 0.2) is 36.4 Å². The molecular weight excluding hydrogens is 290 g/mol. The number of carbonyl (C=O) groups excluding carboxylic acids is 1. The van der Waals surface area contributed by atoms with E-state index in [0.29, 0.717) is 12.4 Å². The van der Waals surface area contributed by atoms with Crippen LogP contribution in [0.3, 0.4) is 0 Å². The SMILES string of the molecule is CCc1cccc(OC(=O)NC)c1COc1ccc(C)cc1C. The first-order chi connectivity index (χ1) is 11.0. The molecule has 2 aromatic rings. The van der Waals surface area contributed by atoms with Crippen LogP contribution < -0.4 is 14.8 Å². The molecule has 0 radical (unpaired) electrons. The highest BCUT2D eigenvalue weighted by Gasteiger charge is 2.13. The second-order valence-corrected chi connectivity index (χ2v) is 5.44. The van der Waals surface area contributed by atoms with E-state index in [-0.39, 0.29) is 0 Å². The Morgan fingerprint density at radius 2 is 1.91 bits per heavy atom. The third kappa shape index (κ3) is 4.25. The minimum absolute atomic E-state index is 0.361. The van der Waals surface area contributed by atoms with Gasteiger partial charge in [0.1, 0.15) is 18.1 Å². The molecule has 0 heterocycles. The number of nitrogens with one attached hydrogen (secondary N) is 1. The van der Waals surface area contributed by atoms with E-state index in [1.807, 2.05) is 31.2 Å². The zero-order valence-electron chi connectivity index (χ0n) is 14.1. The lowest BCUT2D eigenvalue weighted by Crippen LogP contribution is -2.23. The van der Waals surface area contributed by atoms with Crippen molar-refractivity contribution < 1.29 is 14.3 Å². The highest BCUT2D eigenvalue weighted by molar-refractivity contribution is 5.70. The molecule has 0 aromatic heterocycles. The van der Waals surface area contributed by atoms with E-state index < -0.39 is 6.09 Å². The molecule has 2 aromatic carbocycles. The third-order valence-corrected chi connectivity index (χ3v) is 3.72. The van der Waals surface area contributed by atoms with Gasteiger partial charge < -0.3 is 14.8 Å². The van der Waals surface area contributed by atoms with Crippen molar-refractivity contribution in [3.63, 3.8) is 0 Å². The topological polar surface area (TPSA) is 47.6 Å². The predicted molar refractivity (Wildman–Crippen MR) is 91.2 cm³/mol. The van der Waals surface area contributed by atoms with E-state index in [4.69, 9.17) is 9.47 Å². The van der Waals surface area contributed by atoms with Crippen molar-refractivity contribution in [1.29, 1.82) is 0 Å². The fraction of sp³-hybridized carbons (Fsp3) is 0.316. The maximum absolute atomic E-state index is 11.5. The van der Waals surface area contributed by atoms with Crippen LogP contribution in [-0.4, -0.2) is 13.1 Å². The molecule has 0 unspecified atom stereocenters. The smallest absolute Gasteiger partial charge is 0.412 e. The van der Waals surface area contributed by atoms with Crippen LogP contribution in [0.1, 0.15) is 29.2 Å². The Kier molecular flexibility index (Phi) is 5.63. The number of benzene rings is 2. The quantitative estimate of drug-likeness (QED) is 0.901. The number of hydrogen-bond acceptors (Lipinski definition) is 3. The van der Waals surface area contributed by atoms with Gasteiger partial charge in [-0.05, 0) is 43.5 Å². The van der Waals surface area contributed by atoms with Crippen molar-refractivity contribution in [3.05, 3.63) is 58.7 Å². The lowest BCUT2D eigenvalue weighted by atomic mass is 10.0. The van der Waals surface area contributed by atoms with E-state index in [9.17, 15) is 4.79 Å². The van der Waals surface area contributed by atoms with Crippen LogP contribution >= 0.6 is 0 Å². The molecule has 0 aliphatic carbocycles. The number of carbonyl (C=O) groups is 1. The molecule has 0 saturated carbocycles. The zero-order valence-corrected chi connectivity index (χ0v) is 14.1. The summed E-state index contributed by atoms with van der Waals surface area (Å²) in [5.74, 6) is 1.38. The second kappa shape index (κ2) is 7.68. The molecule has 0 aliphatic rings. The highest BCUT2D eigenvalue weighted by Crippen LogP contribution is 2.26. The summed E-state index contributed by atoms with van der Waals surface area (Å²) in [7, 11) is 1.54. The van der Waals surface area contributed by atoms with Gasteiger partial charge in [-0.15, -0.1) is 0 Å². The lowest BCUT2D eigenvalue weighted by molar-refractivity contribution is 0.201. The third-order valence-electron chi connectivity index (χ3n) is 3.72. The molecule has 0 fully saturated rings. The van der Waals surface area contributed by atoms with Crippen molar-refractivity contribution in [3.8, 4) is 11.5 Å². The molecule has 0 aliphatic heterocycles. The number of ether oxygens (including phenoxy) is 2. The maximum Gasteiger partial charge on any atom is 0.412 e. The van der Waals surface area contributed by atoms with Crippen LogP contribution in [0.5, 0.6) is 11.5 Å². The Hall–Kier alpha value is -2.49. The summed E-state index contributed by atoms with van der Waals surface area (Å²) in [6.07, 6.45) is 0.363. The highest BCUT2D eigenvalue weighted by atomic mass is 16.6. The van der Waals surface area contributed by atoms with Crippen LogP contribution in [0.4, 0.5) is 4.79 Å². The van der Waals surface area contributed by atoms with Crippen molar-refractivity contribution in [2.45, 2.75) is 33.8 Å². The van der Waals surface area contributed by atoms with Crippen molar-refractivity contribution in [2.24, 2.45) is 0 Å². The Labute approximate surface area is 137 Å². The van der Waals surface area contributed by atoms with E-state index in [1.54, 1.807) is 6.07 Å². The summed E-state index contributed by atoms with van der Waals surface area (Å²) >= 11 is 0. The van der Waals surface area contributed by atoms with Gasteiger partial charge in [-0.1, -0.05) is 36.8 Å². The van der Waals surface area contributed by atoms with E-state index in [0.717, 1.165) is 28.9 Å². The standard InChI is InChI=1S/C19H23NO3/c1-5-15-7-6-8-18(23-19(21)20-4)16(15)12-22-17-10-9-13(2)11-14(17)3/h6-11H,5,12H2,1-4H3,(H,20,21). The van der Waals surface area contributed by atoms with E-state index in [2.05, 4.69) is 25.2 Å². The molecular formula is C19H23NO3. The summed E-state index contributed by atoms with van der Waals surface area (Å²) in [5.41, 5.74) is 4.30. The molecule has 1 N–H and O–H groups in total. The summed E-state index contributed by atoms with van der Waals surface area (Å²) in [6, 6.07) is 11.8. The van der Waals surface area contributed by atoms with Gasteiger partial charge in [0.25, 0.3) is 0 Å². The van der Waals surface area contributed by atoms with Crippen LogP contribution in [0, 0.1) is 13.8 Å². The van der Waals surface area contributed by atoms with Gasteiger partial charge in [0.15, 0.2) is 0 Å². The van der Waals surface area contributed by atoms with Gasteiger partial charge in [0, 0.05) is 12.6 Å². The Morgan fingerprint density at radius 1 is 1.13 bits per heavy atom. The molecule has 4 heteroatoms. The first-order valence-corrected chi connectivity index (χ1v) is 7.75. The van der Waals surface area contributed by atoms with Crippen LogP contribution in [-0.2, 0) is 13.0 Å². The van der Waals surface area contributed by atoms with Crippen molar-refractivity contribution in [1.82, 2.24) is 5.32 Å². The number of aryl methyl sites for hydroxylation is 3. The minimum atomic E-state index is -0.481. The molecule has 0 saturated heterocycles. The van der Waals surface area contributed by atoms with Gasteiger partial charge in [-0.3, -0.25) is 0 Å². The van der Waals surface area contributed by atoms with Gasteiger partial charge in [0.05, 0.1) is 0 Å². The minimum Gasteiger partial charge on any atom is -0.488 e. The first kappa shape index (κ1) is 16.9. The monoisotopic (exact) mass is 313 g/mol. The molecule has 2 rings (SSSR count). The Morgan fingerprint density at radius 3 is 2.57 bits per heavy atom. The summed E-state index contributed by atoms with van der Waals surface area (Å²) in [6.45, 7) is 6.51. The van der Waals surface area contributed by atoms with Gasteiger partial charge in [0.2, 0.25) is 0 Å². The van der Waals surface area contributed by atoms with Crippen molar-refractivity contribution >= 4 is 6.09 Å². The van der Waals surface area contributed by atoms with Crippen LogP contribution in [0.2, 0.25) is 0 Å². The molecule has 23 heavy (non-hydrogen) atoms. The van der Waals surface area contributed by atoms with E-state index >= 15 is 0 Å². The summed E-state index contributed by atoms with van der Waals surface area (Å²) < 4.78 is 11.3. The lowest BCUT2D eigenvalue weighted by Gasteiger charge is -2.16. The fourth-order valence-electron chi connectivity index (χ4n) is 2.46. The number of amides is 1. The molecule has 0 atom stereocenters. The maximum atomic E-state index is 11.5. The molecule has 122 valence electrons. The average molecular weight is 313 g/mol. The average Bonchev–Trinajstić information content (AvgIpc) is 2.54. The summed E-state index contributed by atoms with van der Waals surface area (Å²) in [4.78, 5) is 11.5. The molecule has 0 bridgehead atoms. The van der Waals surface area contributed by atoms with Crippen molar-refractivity contribution in [2.75, 3.05) is 7.05 Å².